The number of halogens is 1. The first-order valence-corrected chi connectivity index (χ1v) is 4.71. The van der Waals surface area contributed by atoms with Crippen LogP contribution in [0.15, 0.2) is 18.2 Å². The molecule has 0 fully saturated rings. The van der Waals surface area contributed by atoms with Gasteiger partial charge in [0.05, 0.1) is 17.6 Å². The van der Waals surface area contributed by atoms with Crippen LogP contribution in [0, 0.1) is 23.1 Å². The van der Waals surface area contributed by atoms with Gasteiger partial charge in [-0.3, -0.25) is 4.79 Å². The van der Waals surface area contributed by atoms with Crippen LogP contribution in [0.5, 0.6) is 5.75 Å². The summed E-state index contributed by atoms with van der Waals surface area (Å²) in [6.45, 7) is 1.81. The molecule has 0 radical (unpaired) electrons. The van der Waals surface area contributed by atoms with Gasteiger partial charge >= 0.3 is 0 Å². The summed E-state index contributed by atoms with van der Waals surface area (Å²) in [5, 5.41) is 19.9. The van der Waals surface area contributed by atoms with E-state index in [9.17, 15) is 9.18 Å². The number of carbonyl (C=O) groups excluding carboxylic acids is 1. The monoisotopic (exact) mass is 222 g/mol. The number of benzene rings is 1. The van der Waals surface area contributed by atoms with Crippen molar-refractivity contribution < 1.29 is 14.3 Å². The predicted molar refractivity (Wildman–Crippen MR) is 55.2 cm³/mol. The lowest BCUT2D eigenvalue weighted by atomic mass is 10.1. The maximum absolute atomic E-state index is 13.2. The Balaban J connectivity index is 2.71. The van der Waals surface area contributed by atoms with Crippen LogP contribution >= 0.6 is 0 Å². The van der Waals surface area contributed by atoms with E-state index in [0.717, 1.165) is 6.07 Å². The summed E-state index contributed by atoms with van der Waals surface area (Å²) in [7, 11) is 0. The molecule has 0 saturated heterocycles. The van der Waals surface area contributed by atoms with Gasteiger partial charge in [0.1, 0.15) is 11.6 Å². The fraction of sp³-hybridized carbons (Fsp3) is 0.273. The highest BCUT2D eigenvalue weighted by atomic mass is 19.1. The molecule has 5 heteroatoms. The minimum Gasteiger partial charge on any atom is -0.508 e. The molecule has 1 atom stereocenters. The molecule has 1 aromatic carbocycles. The Morgan fingerprint density at radius 1 is 1.69 bits per heavy atom. The average Bonchev–Trinajstić information content (AvgIpc) is 2.25. The zero-order chi connectivity index (χ0) is 12.1. The molecule has 1 rings (SSSR count). The highest BCUT2D eigenvalue weighted by molar-refractivity contribution is 5.94. The third-order valence-electron chi connectivity index (χ3n) is 1.99. The zero-order valence-electron chi connectivity index (χ0n) is 8.70. The molecule has 0 aliphatic carbocycles. The lowest BCUT2D eigenvalue weighted by Crippen LogP contribution is -2.28. The third kappa shape index (κ3) is 2.95. The Morgan fingerprint density at radius 3 is 2.94 bits per heavy atom. The number of phenolic OH excluding ortho intramolecular Hbond substituents is 1. The number of amides is 1. The van der Waals surface area contributed by atoms with E-state index in [-0.39, 0.29) is 23.8 Å². The van der Waals surface area contributed by atoms with E-state index >= 15 is 0 Å². The molecule has 1 unspecified atom stereocenters. The number of rotatable bonds is 3. The van der Waals surface area contributed by atoms with Crippen molar-refractivity contribution >= 4 is 5.91 Å². The van der Waals surface area contributed by atoms with Crippen LogP contribution in [0.25, 0.3) is 0 Å². The van der Waals surface area contributed by atoms with E-state index in [0.29, 0.717) is 0 Å². The van der Waals surface area contributed by atoms with Gasteiger partial charge in [0.15, 0.2) is 0 Å². The topological polar surface area (TPSA) is 73.1 Å². The van der Waals surface area contributed by atoms with E-state index < -0.39 is 11.7 Å². The van der Waals surface area contributed by atoms with Gasteiger partial charge in [0, 0.05) is 12.6 Å². The van der Waals surface area contributed by atoms with Gasteiger partial charge in [-0.1, -0.05) is 0 Å². The SMILES string of the molecule is CC(C#N)CNC(=O)c1ccc(O)cc1F. The molecule has 0 bridgehead atoms. The first kappa shape index (κ1) is 12.0. The Bertz CT molecular complexity index is 440. The molecule has 1 aromatic rings. The minimum atomic E-state index is -0.790. The summed E-state index contributed by atoms with van der Waals surface area (Å²) in [5.74, 6) is -1.95. The normalized spacial score (nSPS) is 11.6. The first-order valence-electron chi connectivity index (χ1n) is 4.71. The van der Waals surface area contributed by atoms with Gasteiger partial charge in [0.25, 0.3) is 5.91 Å². The molecule has 4 nitrogen and oxygen atoms in total. The average molecular weight is 222 g/mol. The van der Waals surface area contributed by atoms with E-state index in [4.69, 9.17) is 10.4 Å². The van der Waals surface area contributed by atoms with Crippen LogP contribution in [-0.2, 0) is 0 Å². The lowest BCUT2D eigenvalue weighted by molar-refractivity contribution is 0.0946. The van der Waals surface area contributed by atoms with E-state index in [1.807, 2.05) is 6.07 Å². The number of hydrogen-bond acceptors (Lipinski definition) is 3. The van der Waals surface area contributed by atoms with Crippen LogP contribution in [0.1, 0.15) is 17.3 Å². The van der Waals surface area contributed by atoms with Crippen LogP contribution in [0.4, 0.5) is 4.39 Å². The van der Waals surface area contributed by atoms with Crippen molar-refractivity contribution in [1.29, 1.82) is 5.26 Å². The molecule has 0 heterocycles. The summed E-state index contributed by atoms with van der Waals surface area (Å²) in [6.07, 6.45) is 0. The summed E-state index contributed by atoms with van der Waals surface area (Å²) < 4.78 is 13.2. The molecule has 84 valence electrons. The molecule has 0 aliphatic heterocycles. The standard InChI is InChI=1S/C11H11FN2O2/c1-7(5-13)6-14-11(16)9-3-2-8(15)4-10(9)12/h2-4,7,15H,6H2,1H3,(H,14,16). The Labute approximate surface area is 92.3 Å². The second-order valence-electron chi connectivity index (χ2n) is 3.40. The van der Waals surface area contributed by atoms with Gasteiger partial charge in [-0.05, 0) is 19.1 Å². The number of carbonyl (C=O) groups is 1. The summed E-state index contributed by atoms with van der Waals surface area (Å²) in [4.78, 5) is 11.5. The van der Waals surface area contributed by atoms with Crippen molar-refractivity contribution in [1.82, 2.24) is 5.32 Å². The summed E-state index contributed by atoms with van der Waals surface area (Å²) >= 11 is 0. The van der Waals surface area contributed by atoms with Crippen molar-refractivity contribution in [2.45, 2.75) is 6.92 Å². The molecule has 1 amide bonds. The maximum atomic E-state index is 13.2. The quantitative estimate of drug-likeness (QED) is 0.812. The van der Waals surface area contributed by atoms with Gasteiger partial charge < -0.3 is 10.4 Å². The van der Waals surface area contributed by atoms with Crippen molar-refractivity contribution in [2.24, 2.45) is 5.92 Å². The second kappa shape index (κ2) is 5.12. The number of aromatic hydroxyl groups is 1. The van der Waals surface area contributed by atoms with Crippen molar-refractivity contribution in [3.63, 3.8) is 0 Å². The summed E-state index contributed by atoms with van der Waals surface area (Å²) in [5.41, 5.74) is -0.150. The number of nitrogens with one attached hydrogen (secondary N) is 1. The van der Waals surface area contributed by atoms with Crippen molar-refractivity contribution in [3.05, 3.63) is 29.6 Å². The minimum absolute atomic E-state index is 0.150. The Kier molecular flexibility index (Phi) is 3.84. The Hall–Kier alpha value is -2.09. The van der Waals surface area contributed by atoms with E-state index in [1.54, 1.807) is 6.92 Å². The Morgan fingerprint density at radius 2 is 2.38 bits per heavy atom. The highest BCUT2D eigenvalue weighted by Gasteiger charge is 2.12. The molecular weight excluding hydrogens is 211 g/mol. The lowest BCUT2D eigenvalue weighted by Gasteiger charge is -2.07. The number of nitriles is 1. The predicted octanol–water partition coefficient (Wildman–Crippen LogP) is 1.42. The van der Waals surface area contributed by atoms with Crippen LogP contribution in [0.3, 0.4) is 0 Å². The maximum Gasteiger partial charge on any atom is 0.254 e. The number of phenols is 1. The molecule has 16 heavy (non-hydrogen) atoms. The fourth-order valence-corrected chi connectivity index (χ4v) is 1.07. The van der Waals surface area contributed by atoms with Gasteiger partial charge in [-0.15, -0.1) is 0 Å². The fourth-order valence-electron chi connectivity index (χ4n) is 1.07. The summed E-state index contributed by atoms with van der Waals surface area (Å²) in [6, 6.07) is 5.23. The highest BCUT2D eigenvalue weighted by Crippen LogP contribution is 2.14. The van der Waals surface area contributed by atoms with Crippen molar-refractivity contribution in [2.75, 3.05) is 6.54 Å². The van der Waals surface area contributed by atoms with Crippen LogP contribution in [-0.4, -0.2) is 17.6 Å². The number of hydrogen-bond donors (Lipinski definition) is 2. The van der Waals surface area contributed by atoms with Gasteiger partial charge in [-0.2, -0.15) is 5.26 Å². The van der Waals surface area contributed by atoms with Gasteiger partial charge in [0.2, 0.25) is 0 Å². The van der Waals surface area contributed by atoms with Crippen LogP contribution in [0.2, 0.25) is 0 Å². The third-order valence-corrected chi connectivity index (χ3v) is 1.99. The molecule has 0 saturated carbocycles. The zero-order valence-corrected chi connectivity index (χ0v) is 8.70. The second-order valence-corrected chi connectivity index (χ2v) is 3.40. The largest absolute Gasteiger partial charge is 0.508 e. The molecular formula is C11H11FN2O2. The van der Waals surface area contributed by atoms with E-state index in [1.165, 1.54) is 12.1 Å². The smallest absolute Gasteiger partial charge is 0.254 e. The van der Waals surface area contributed by atoms with Crippen molar-refractivity contribution in [3.8, 4) is 11.8 Å². The molecule has 0 spiro atoms. The first-order chi connectivity index (χ1) is 7.54. The number of nitrogens with zero attached hydrogens (tertiary/aromatic N) is 1. The molecule has 2 N–H and O–H groups in total. The molecule has 0 aromatic heterocycles. The molecule has 0 aliphatic rings. The van der Waals surface area contributed by atoms with Crippen LogP contribution < -0.4 is 5.32 Å². The van der Waals surface area contributed by atoms with Gasteiger partial charge in [-0.25, -0.2) is 4.39 Å². The van der Waals surface area contributed by atoms with E-state index in [2.05, 4.69) is 5.32 Å².